The largest absolute Gasteiger partial charge is 0.306 e. The maximum absolute atomic E-state index is 6.24. The summed E-state index contributed by atoms with van der Waals surface area (Å²) in [5.74, 6) is 0. The molecular formula is C12H15Cl2N3S. The molecule has 0 spiro atoms. The fourth-order valence-corrected chi connectivity index (χ4v) is 3.37. The van der Waals surface area contributed by atoms with Crippen LogP contribution in [0.4, 0.5) is 0 Å². The molecule has 1 N–H and O–H groups in total. The predicted octanol–water partition coefficient (Wildman–Crippen LogP) is 3.88. The highest BCUT2D eigenvalue weighted by Gasteiger charge is 2.20. The second kappa shape index (κ2) is 6.06. The first-order valence-corrected chi connectivity index (χ1v) is 7.35. The molecule has 98 valence electrons. The predicted molar refractivity (Wildman–Crippen MR) is 77.7 cm³/mol. The van der Waals surface area contributed by atoms with Crippen molar-refractivity contribution in [3.05, 3.63) is 38.3 Å². The zero-order valence-corrected chi connectivity index (χ0v) is 12.6. The van der Waals surface area contributed by atoms with Gasteiger partial charge < -0.3 is 5.32 Å². The van der Waals surface area contributed by atoms with Gasteiger partial charge in [0.05, 0.1) is 20.9 Å². The Morgan fingerprint density at radius 1 is 1.50 bits per heavy atom. The summed E-state index contributed by atoms with van der Waals surface area (Å²) in [6.45, 7) is 3.05. The number of nitrogens with zero attached hydrogens (tertiary/aromatic N) is 2. The van der Waals surface area contributed by atoms with Gasteiger partial charge in [0.1, 0.15) is 0 Å². The zero-order chi connectivity index (χ0) is 13.1. The normalized spacial score (nSPS) is 12.9. The molecule has 2 rings (SSSR count). The average Bonchev–Trinajstić information content (AvgIpc) is 2.87. The van der Waals surface area contributed by atoms with E-state index in [0.29, 0.717) is 4.34 Å². The van der Waals surface area contributed by atoms with Gasteiger partial charge in [0, 0.05) is 24.4 Å². The van der Waals surface area contributed by atoms with E-state index in [1.54, 1.807) is 4.68 Å². The van der Waals surface area contributed by atoms with Gasteiger partial charge in [0.2, 0.25) is 0 Å². The fourth-order valence-electron chi connectivity index (χ4n) is 1.84. The van der Waals surface area contributed by atoms with Crippen LogP contribution in [0.5, 0.6) is 0 Å². The lowest BCUT2D eigenvalue weighted by Crippen LogP contribution is -2.22. The number of rotatable bonds is 5. The van der Waals surface area contributed by atoms with Crippen LogP contribution in [0, 0.1) is 0 Å². The highest BCUT2D eigenvalue weighted by Crippen LogP contribution is 2.37. The molecule has 0 saturated carbocycles. The molecule has 0 amide bonds. The molecule has 0 aliphatic heterocycles. The molecule has 0 fully saturated rings. The van der Waals surface area contributed by atoms with E-state index in [-0.39, 0.29) is 6.04 Å². The van der Waals surface area contributed by atoms with Crippen LogP contribution < -0.4 is 5.32 Å². The van der Waals surface area contributed by atoms with Gasteiger partial charge in [-0.15, -0.1) is 11.3 Å². The van der Waals surface area contributed by atoms with Crippen molar-refractivity contribution in [1.29, 1.82) is 0 Å². The molecule has 18 heavy (non-hydrogen) atoms. The number of hydrogen-bond donors (Lipinski definition) is 1. The zero-order valence-electron chi connectivity index (χ0n) is 10.3. The molecule has 1 atom stereocenters. The summed E-state index contributed by atoms with van der Waals surface area (Å²) in [5.41, 5.74) is 2.12. The first-order chi connectivity index (χ1) is 8.61. The van der Waals surface area contributed by atoms with Gasteiger partial charge in [0.15, 0.2) is 0 Å². The minimum atomic E-state index is 0.0508. The third-order valence-electron chi connectivity index (χ3n) is 2.65. The van der Waals surface area contributed by atoms with Crippen molar-refractivity contribution in [3.63, 3.8) is 0 Å². The Morgan fingerprint density at radius 2 is 2.28 bits per heavy atom. The Labute approximate surface area is 121 Å². The molecule has 2 aromatic heterocycles. The van der Waals surface area contributed by atoms with Crippen molar-refractivity contribution in [3.8, 4) is 0 Å². The summed E-state index contributed by atoms with van der Waals surface area (Å²) in [6.07, 6.45) is 4.91. The van der Waals surface area contributed by atoms with E-state index in [4.69, 9.17) is 23.2 Å². The molecule has 6 heteroatoms. The number of nitrogens with one attached hydrogen (secondary N) is 1. The first kappa shape index (κ1) is 13.9. The average molecular weight is 304 g/mol. The standard InChI is InChI=1S/C12H15Cl2N3S/c1-3-4-15-11(8-6-16-17(2)7-8)9-5-10(13)18-12(9)14/h5-7,11,15H,3-4H2,1-2H3. The van der Waals surface area contributed by atoms with Gasteiger partial charge in [0.25, 0.3) is 0 Å². The van der Waals surface area contributed by atoms with Crippen LogP contribution in [-0.4, -0.2) is 16.3 Å². The van der Waals surface area contributed by atoms with Crippen LogP contribution in [-0.2, 0) is 7.05 Å². The minimum absolute atomic E-state index is 0.0508. The summed E-state index contributed by atoms with van der Waals surface area (Å²) in [4.78, 5) is 0. The van der Waals surface area contributed by atoms with Gasteiger partial charge >= 0.3 is 0 Å². The molecule has 0 aromatic carbocycles. The second-order valence-corrected chi connectivity index (χ2v) is 6.40. The maximum Gasteiger partial charge on any atom is 0.0995 e. The lowest BCUT2D eigenvalue weighted by atomic mass is 10.0. The van der Waals surface area contributed by atoms with Crippen molar-refractivity contribution >= 4 is 34.5 Å². The summed E-state index contributed by atoms with van der Waals surface area (Å²) in [5, 5.41) is 7.69. The quantitative estimate of drug-likeness (QED) is 0.908. The van der Waals surface area contributed by atoms with Crippen LogP contribution in [0.3, 0.4) is 0 Å². The fraction of sp³-hybridized carbons (Fsp3) is 0.417. The van der Waals surface area contributed by atoms with E-state index in [1.807, 2.05) is 25.5 Å². The molecule has 0 aliphatic carbocycles. The number of thiophene rings is 1. The molecule has 0 radical (unpaired) electrons. The van der Waals surface area contributed by atoms with Crippen molar-refractivity contribution in [2.45, 2.75) is 19.4 Å². The van der Waals surface area contributed by atoms with Gasteiger partial charge in [-0.25, -0.2) is 0 Å². The van der Waals surface area contributed by atoms with E-state index in [0.717, 1.165) is 28.4 Å². The van der Waals surface area contributed by atoms with Crippen LogP contribution in [0.15, 0.2) is 18.5 Å². The molecular weight excluding hydrogens is 289 g/mol. The minimum Gasteiger partial charge on any atom is -0.306 e. The summed E-state index contributed by atoms with van der Waals surface area (Å²) < 4.78 is 3.23. The molecule has 2 heterocycles. The van der Waals surface area contributed by atoms with Crippen molar-refractivity contribution in [2.75, 3.05) is 6.54 Å². The highest BCUT2D eigenvalue weighted by molar-refractivity contribution is 7.20. The summed E-state index contributed by atoms with van der Waals surface area (Å²) in [7, 11) is 1.91. The van der Waals surface area contributed by atoms with Crippen molar-refractivity contribution in [2.24, 2.45) is 7.05 Å². The van der Waals surface area contributed by atoms with E-state index >= 15 is 0 Å². The third kappa shape index (κ3) is 3.06. The summed E-state index contributed by atoms with van der Waals surface area (Å²) >= 11 is 13.7. The lowest BCUT2D eigenvalue weighted by molar-refractivity contribution is 0.599. The maximum atomic E-state index is 6.24. The molecule has 1 unspecified atom stereocenters. The van der Waals surface area contributed by atoms with Gasteiger partial charge in [-0.3, -0.25) is 4.68 Å². The number of halogens is 2. The van der Waals surface area contributed by atoms with Crippen molar-refractivity contribution < 1.29 is 0 Å². The van der Waals surface area contributed by atoms with E-state index < -0.39 is 0 Å². The highest BCUT2D eigenvalue weighted by atomic mass is 35.5. The summed E-state index contributed by atoms with van der Waals surface area (Å²) in [6, 6.07) is 1.98. The second-order valence-electron chi connectivity index (χ2n) is 4.11. The smallest absolute Gasteiger partial charge is 0.0995 e. The van der Waals surface area contributed by atoms with Gasteiger partial charge in [-0.05, 0) is 19.0 Å². The van der Waals surface area contributed by atoms with E-state index in [9.17, 15) is 0 Å². The Bertz CT molecular complexity index is 521. The SMILES string of the molecule is CCCNC(c1cnn(C)c1)c1cc(Cl)sc1Cl. The third-order valence-corrected chi connectivity index (χ3v) is 4.17. The van der Waals surface area contributed by atoms with Crippen LogP contribution in [0.2, 0.25) is 8.67 Å². The van der Waals surface area contributed by atoms with Crippen LogP contribution in [0.1, 0.15) is 30.5 Å². The van der Waals surface area contributed by atoms with Gasteiger partial charge in [-0.1, -0.05) is 30.1 Å². The number of aromatic nitrogens is 2. The molecule has 0 aliphatic rings. The Hall–Kier alpha value is -0.550. The van der Waals surface area contributed by atoms with Crippen LogP contribution in [0.25, 0.3) is 0 Å². The Kier molecular flexibility index (Phi) is 4.67. The lowest BCUT2D eigenvalue weighted by Gasteiger charge is -2.16. The number of aryl methyl sites for hydroxylation is 1. The van der Waals surface area contributed by atoms with E-state index in [1.165, 1.54) is 11.3 Å². The van der Waals surface area contributed by atoms with Crippen molar-refractivity contribution in [1.82, 2.24) is 15.1 Å². The molecule has 2 aromatic rings. The monoisotopic (exact) mass is 303 g/mol. The molecule has 0 bridgehead atoms. The molecule has 0 saturated heterocycles. The van der Waals surface area contributed by atoms with Crippen LogP contribution >= 0.6 is 34.5 Å². The Balaban J connectivity index is 2.33. The molecule has 3 nitrogen and oxygen atoms in total. The Morgan fingerprint density at radius 3 is 2.78 bits per heavy atom. The topological polar surface area (TPSA) is 29.9 Å². The first-order valence-electron chi connectivity index (χ1n) is 5.78. The van der Waals surface area contributed by atoms with Gasteiger partial charge in [-0.2, -0.15) is 5.10 Å². The van der Waals surface area contributed by atoms with E-state index in [2.05, 4.69) is 17.3 Å². The number of hydrogen-bond acceptors (Lipinski definition) is 3.